The number of anilines is 1. The van der Waals surface area contributed by atoms with E-state index in [-0.39, 0.29) is 24.7 Å². The maximum absolute atomic E-state index is 12.5. The third-order valence-corrected chi connectivity index (χ3v) is 6.02. The average Bonchev–Trinajstić information content (AvgIpc) is 2.79. The topological polar surface area (TPSA) is 52.0 Å². The van der Waals surface area contributed by atoms with Gasteiger partial charge < -0.3 is 14.8 Å². The van der Waals surface area contributed by atoms with Gasteiger partial charge in [-0.2, -0.15) is 0 Å². The molecule has 1 heterocycles. The zero-order valence-corrected chi connectivity index (χ0v) is 18.5. The van der Waals surface area contributed by atoms with Crippen molar-refractivity contribution in [1.82, 2.24) is 0 Å². The zero-order chi connectivity index (χ0) is 21.1. The molecule has 0 radical (unpaired) electrons. The molecule has 0 saturated heterocycles. The van der Waals surface area contributed by atoms with Crippen molar-refractivity contribution in [2.45, 2.75) is 12.2 Å². The number of para-hydroxylation sites is 1. The molecule has 0 saturated carbocycles. The molecule has 0 spiro atoms. The number of ether oxygens (including phenoxy) is 2. The first-order valence-electron chi connectivity index (χ1n) is 9.78. The fourth-order valence-corrected chi connectivity index (χ4v) is 4.56. The summed E-state index contributed by atoms with van der Waals surface area (Å²) < 4.78 is 11.7. The molecule has 1 unspecified atom stereocenters. The Kier molecular flexibility index (Phi) is 6.06. The monoisotopic (exact) mass is 467 g/mol. The maximum Gasteiger partial charge on any atom is 0.361 e. The summed E-state index contributed by atoms with van der Waals surface area (Å²) in [7, 11) is 3.10. The summed E-state index contributed by atoms with van der Waals surface area (Å²) in [6.07, 6.45) is -0.195. The first-order chi connectivity index (χ1) is 14.6. The van der Waals surface area contributed by atoms with Crippen LogP contribution in [0.4, 0.5) is 5.69 Å². The van der Waals surface area contributed by atoms with Crippen molar-refractivity contribution in [3.63, 3.8) is 0 Å². The quantitative estimate of drug-likeness (QED) is 0.561. The lowest BCUT2D eigenvalue weighted by atomic mass is 9.91. The van der Waals surface area contributed by atoms with Crippen molar-refractivity contribution < 1.29 is 19.2 Å². The van der Waals surface area contributed by atoms with Crippen molar-refractivity contribution in [3.05, 3.63) is 94.0 Å². The van der Waals surface area contributed by atoms with Gasteiger partial charge >= 0.3 is 5.97 Å². The van der Waals surface area contributed by atoms with Crippen LogP contribution in [0.5, 0.6) is 5.75 Å². The Morgan fingerprint density at radius 2 is 1.73 bits per heavy atom. The fraction of sp³-hybridized carbons (Fsp3) is 0.208. The number of methoxy groups -OCH3 is 2. The normalized spacial score (nSPS) is 20.0. The van der Waals surface area contributed by atoms with Gasteiger partial charge in [0, 0.05) is 21.3 Å². The molecule has 4 rings (SSSR count). The van der Waals surface area contributed by atoms with Crippen LogP contribution < -0.4 is 15.0 Å². The molecule has 0 bridgehead atoms. The Morgan fingerprint density at radius 1 is 1.00 bits per heavy atom. The summed E-state index contributed by atoms with van der Waals surface area (Å²) in [5, 5.41) is 3.65. The second kappa shape index (κ2) is 8.90. The van der Waals surface area contributed by atoms with E-state index in [1.807, 2.05) is 48.5 Å². The van der Waals surface area contributed by atoms with Crippen molar-refractivity contribution in [2.75, 3.05) is 26.1 Å². The number of hydrogen-bond acceptors (Lipinski definition) is 4. The first-order valence-corrected chi connectivity index (χ1v) is 10.6. The summed E-state index contributed by atoms with van der Waals surface area (Å²) in [6.45, 7) is 0.206. The van der Waals surface area contributed by atoms with Gasteiger partial charge in [0.25, 0.3) is 0 Å². The molecule has 3 atom stereocenters. The SMILES string of the molecule is COC(=O)C[NH+]1[C@@H](c2ccccc2)c2cc(Br)ccc2N[C@@H]1c1ccccc1OC. The Balaban J connectivity index is 1.92. The molecule has 154 valence electrons. The third kappa shape index (κ3) is 3.93. The number of quaternary nitrogens is 1. The number of esters is 1. The summed E-state index contributed by atoms with van der Waals surface area (Å²) >= 11 is 3.61. The number of nitrogens with one attached hydrogen (secondary N) is 2. The molecular formula is C24H24BrN2O3+. The smallest absolute Gasteiger partial charge is 0.361 e. The van der Waals surface area contributed by atoms with E-state index in [1.165, 1.54) is 7.11 Å². The molecule has 1 aliphatic rings. The van der Waals surface area contributed by atoms with Crippen LogP contribution in [-0.4, -0.2) is 26.7 Å². The Bertz CT molecular complexity index is 1040. The van der Waals surface area contributed by atoms with E-state index in [1.54, 1.807) is 7.11 Å². The lowest BCUT2D eigenvalue weighted by Crippen LogP contribution is -3.15. The highest BCUT2D eigenvalue weighted by Crippen LogP contribution is 2.36. The molecule has 6 heteroatoms. The number of carbonyl (C=O) groups is 1. The van der Waals surface area contributed by atoms with Crippen molar-refractivity contribution >= 4 is 27.6 Å². The number of benzene rings is 3. The first kappa shape index (κ1) is 20.4. The van der Waals surface area contributed by atoms with E-state index < -0.39 is 0 Å². The summed E-state index contributed by atoms with van der Waals surface area (Å²) in [5.41, 5.74) is 4.29. The van der Waals surface area contributed by atoms with E-state index in [2.05, 4.69) is 45.5 Å². The van der Waals surface area contributed by atoms with Crippen LogP contribution in [0, 0.1) is 0 Å². The van der Waals surface area contributed by atoms with Gasteiger partial charge in [0.05, 0.1) is 19.8 Å². The maximum atomic E-state index is 12.5. The highest BCUT2D eigenvalue weighted by atomic mass is 79.9. The van der Waals surface area contributed by atoms with Crippen LogP contribution in [0.2, 0.25) is 0 Å². The van der Waals surface area contributed by atoms with Gasteiger partial charge in [0.15, 0.2) is 12.7 Å². The fourth-order valence-electron chi connectivity index (χ4n) is 4.18. The second-order valence-electron chi connectivity index (χ2n) is 7.22. The minimum atomic E-state index is -0.258. The number of fused-ring (bicyclic) bond motifs is 1. The molecule has 2 N–H and O–H groups in total. The minimum Gasteiger partial charge on any atom is -0.496 e. The molecule has 3 aromatic rings. The number of carbonyl (C=O) groups excluding carboxylic acids is 1. The molecule has 5 nitrogen and oxygen atoms in total. The number of halogens is 1. The van der Waals surface area contributed by atoms with Crippen LogP contribution in [0.25, 0.3) is 0 Å². The minimum absolute atomic E-state index is 0.0611. The number of hydrogen-bond donors (Lipinski definition) is 2. The average molecular weight is 468 g/mol. The predicted molar refractivity (Wildman–Crippen MR) is 120 cm³/mol. The van der Waals surface area contributed by atoms with Gasteiger partial charge in [-0.3, -0.25) is 4.90 Å². The standard InChI is InChI=1S/C24H23BrN2O3/c1-29-21-11-7-6-10-18(21)24-26-20-13-12-17(25)14-19(20)23(16-8-4-3-5-9-16)27(24)15-22(28)30-2/h3-14,23-24,26H,15H2,1-2H3/p+1/t23-,24-/m0/s1. The summed E-state index contributed by atoms with van der Waals surface area (Å²) in [5.74, 6) is 0.524. The van der Waals surface area contributed by atoms with E-state index in [9.17, 15) is 4.79 Å². The Morgan fingerprint density at radius 3 is 2.47 bits per heavy atom. The van der Waals surface area contributed by atoms with Crippen LogP contribution in [0.15, 0.2) is 77.3 Å². The van der Waals surface area contributed by atoms with Gasteiger partial charge in [-0.15, -0.1) is 0 Å². The highest BCUT2D eigenvalue weighted by Gasteiger charge is 2.42. The highest BCUT2D eigenvalue weighted by molar-refractivity contribution is 9.10. The van der Waals surface area contributed by atoms with Gasteiger partial charge in [0.2, 0.25) is 0 Å². The van der Waals surface area contributed by atoms with Crippen molar-refractivity contribution in [3.8, 4) is 5.75 Å². The molecule has 0 aromatic heterocycles. The largest absolute Gasteiger partial charge is 0.496 e. The molecule has 0 amide bonds. The third-order valence-electron chi connectivity index (χ3n) is 5.53. The van der Waals surface area contributed by atoms with Gasteiger partial charge in [0.1, 0.15) is 11.8 Å². The van der Waals surface area contributed by atoms with Crippen LogP contribution in [0.3, 0.4) is 0 Å². The predicted octanol–water partition coefficient (Wildman–Crippen LogP) is 3.73. The molecule has 0 aliphatic carbocycles. The van der Waals surface area contributed by atoms with Gasteiger partial charge in [-0.25, -0.2) is 4.79 Å². The van der Waals surface area contributed by atoms with E-state index in [0.717, 1.165) is 37.5 Å². The molecular weight excluding hydrogens is 444 g/mol. The molecule has 30 heavy (non-hydrogen) atoms. The molecule has 3 aromatic carbocycles. The van der Waals surface area contributed by atoms with Crippen LogP contribution in [-0.2, 0) is 9.53 Å². The lowest BCUT2D eigenvalue weighted by Gasteiger charge is -2.41. The van der Waals surface area contributed by atoms with Crippen LogP contribution >= 0.6 is 15.9 Å². The Labute approximate surface area is 184 Å². The summed E-state index contributed by atoms with van der Waals surface area (Å²) in [4.78, 5) is 13.5. The Hall–Kier alpha value is -2.83. The van der Waals surface area contributed by atoms with Crippen molar-refractivity contribution in [1.29, 1.82) is 0 Å². The van der Waals surface area contributed by atoms with Crippen LogP contribution in [0.1, 0.15) is 28.9 Å². The number of rotatable bonds is 5. The molecule has 0 fully saturated rings. The van der Waals surface area contributed by atoms with Gasteiger partial charge in [-0.05, 0) is 30.3 Å². The van der Waals surface area contributed by atoms with Crippen molar-refractivity contribution in [2.24, 2.45) is 0 Å². The summed E-state index contributed by atoms with van der Waals surface area (Å²) in [6, 6.07) is 24.4. The van der Waals surface area contributed by atoms with E-state index >= 15 is 0 Å². The van der Waals surface area contributed by atoms with E-state index in [4.69, 9.17) is 9.47 Å². The second-order valence-corrected chi connectivity index (χ2v) is 8.14. The van der Waals surface area contributed by atoms with Gasteiger partial charge in [-0.1, -0.05) is 58.4 Å². The zero-order valence-electron chi connectivity index (χ0n) is 16.9. The van der Waals surface area contributed by atoms with E-state index in [0.29, 0.717) is 0 Å². The lowest BCUT2D eigenvalue weighted by molar-refractivity contribution is -0.947. The molecule has 1 aliphatic heterocycles.